The molecule has 1 aromatic carbocycles. The first-order chi connectivity index (χ1) is 9.30. The summed E-state index contributed by atoms with van der Waals surface area (Å²) in [6.45, 7) is 3.71. The first-order valence-corrected chi connectivity index (χ1v) is 8.22. The van der Waals surface area contributed by atoms with Gasteiger partial charge in [-0.25, -0.2) is 17.5 Å². The van der Waals surface area contributed by atoms with Gasteiger partial charge in [-0.2, -0.15) is 0 Å². The van der Waals surface area contributed by atoms with Gasteiger partial charge in [0.15, 0.2) is 0 Å². The normalized spacial score (nSPS) is 12.7. The van der Waals surface area contributed by atoms with E-state index in [0.717, 1.165) is 12.1 Å². The Bertz CT molecular complexity index is 550. The van der Waals surface area contributed by atoms with Crippen molar-refractivity contribution < 1.29 is 17.9 Å². The van der Waals surface area contributed by atoms with Crippen molar-refractivity contribution in [3.63, 3.8) is 0 Å². The zero-order valence-electron chi connectivity index (χ0n) is 11.5. The predicted octanol–water partition coefficient (Wildman–Crippen LogP) is 2.56. The van der Waals surface area contributed by atoms with Crippen LogP contribution in [0.2, 0.25) is 5.02 Å². The molecule has 0 saturated carbocycles. The van der Waals surface area contributed by atoms with Crippen molar-refractivity contribution in [1.82, 2.24) is 4.72 Å². The molecule has 0 spiro atoms. The van der Waals surface area contributed by atoms with Gasteiger partial charge >= 0.3 is 0 Å². The molecule has 0 aliphatic rings. The van der Waals surface area contributed by atoms with Crippen LogP contribution in [0.25, 0.3) is 0 Å². The Morgan fingerprint density at radius 1 is 1.35 bits per heavy atom. The zero-order chi connectivity index (χ0) is 15.4. The van der Waals surface area contributed by atoms with Gasteiger partial charge in [-0.05, 0) is 31.0 Å². The van der Waals surface area contributed by atoms with E-state index in [1.165, 1.54) is 6.07 Å². The largest absolute Gasteiger partial charge is 0.396 e. The molecule has 0 aliphatic heterocycles. The molecule has 0 aliphatic carbocycles. The van der Waals surface area contributed by atoms with Crippen LogP contribution in [0.4, 0.5) is 4.39 Å². The van der Waals surface area contributed by atoms with Gasteiger partial charge in [0.05, 0.1) is 5.02 Å². The quantitative estimate of drug-likeness (QED) is 0.810. The van der Waals surface area contributed by atoms with Crippen LogP contribution >= 0.6 is 11.6 Å². The lowest BCUT2D eigenvalue weighted by molar-refractivity contribution is 0.119. The zero-order valence-corrected chi connectivity index (χ0v) is 13.1. The Hall–Kier alpha value is -0.690. The fourth-order valence-corrected chi connectivity index (χ4v) is 3.45. The summed E-state index contributed by atoms with van der Waals surface area (Å²) in [5, 5.41) is 9.38. The SMILES string of the molecule is CCC(CC)(CO)CNS(=O)(=O)c1cc(F)ccc1Cl. The molecule has 0 unspecified atom stereocenters. The van der Waals surface area contributed by atoms with Gasteiger partial charge in [0, 0.05) is 18.6 Å². The Kier molecular flexibility index (Phi) is 5.94. The number of nitrogens with one attached hydrogen (secondary N) is 1. The molecule has 20 heavy (non-hydrogen) atoms. The third kappa shape index (κ3) is 3.91. The van der Waals surface area contributed by atoms with Crippen LogP contribution < -0.4 is 4.72 Å². The highest BCUT2D eigenvalue weighted by atomic mass is 35.5. The Labute approximate surface area is 124 Å². The van der Waals surface area contributed by atoms with Crippen LogP contribution in [0.5, 0.6) is 0 Å². The highest BCUT2D eigenvalue weighted by Gasteiger charge is 2.28. The molecule has 0 amide bonds. The van der Waals surface area contributed by atoms with E-state index in [0.29, 0.717) is 12.8 Å². The minimum absolute atomic E-state index is 0.0403. The molecule has 0 fully saturated rings. The summed E-state index contributed by atoms with van der Waals surface area (Å²) in [6.07, 6.45) is 1.25. The number of aliphatic hydroxyl groups is 1. The summed E-state index contributed by atoms with van der Waals surface area (Å²) in [7, 11) is -3.91. The molecule has 1 aromatic rings. The van der Waals surface area contributed by atoms with Crippen molar-refractivity contribution in [2.75, 3.05) is 13.2 Å². The summed E-state index contributed by atoms with van der Waals surface area (Å²) >= 11 is 5.80. The van der Waals surface area contributed by atoms with E-state index < -0.39 is 21.3 Å². The van der Waals surface area contributed by atoms with Gasteiger partial charge in [-0.1, -0.05) is 25.4 Å². The van der Waals surface area contributed by atoms with Crippen LogP contribution in [-0.4, -0.2) is 26.7 Å². The average Bonchev–Trinajstić information content (AvgIpc) is 2.43. The molecule has 7 heteroatoms. The van der Waals surface area contributed by atoms with E-state index in [2.05, 4.69) is 4.72 Å². The molecular weight excluding hydrogens is 305 g/mol. The second kappa shape index (κ2) is 6.85. The van der Waals surface area contributed by atoms with E-state index in [1.807, 2.05) is 13.8 Å². The number of aliphatic hydroxyl groups excluding tert-OH is 1. The van der Waals surface area contributed by atoms with Crippen molar-refractivity contribution in [1.29, 1.82) is 0 Å². The standard InChI is InChI=1S/C13H19ClFNO3S/c1-3-13(4-2,9-17)8-16-20(18,19)12-7-10(15)5-6-11(12)14/h5-7,16-17H,3-4,8-9H2,1-2H3. The lowest BCUT2D eigenvalue weighted by Crippen LogP contribution is -2.39. The predicted molar refractivity (Wildman–Crippen MR) is 76.7 cm³/mol. The van der Waals surface area contributed by atoms with Gasteiger partial charge in [0.25, 0.3) is 0 Å². The molecule has 1 rings (SSSR count). The average molecular weight is 324 g/mol. The first kappa shape index (κ1) is 17.4. The Balaban J connectivity index is 2.98. The van der Waals surface area contributed by atoms with E-state index >= 15 is 0 Å². The second-order valence-electron chi connectivity index (χ2n) is 4.76. The number of hydrogen-bond acceptors (Lipinski definition) is 3. The van der Waals surface area contributed by atoms with Crippen molar-refractivity contribution >= 4 is 21.6 Å². The van der Waals surface area contributed by atoms with Crippen molar-refractivity contribution in [2.24, 2.45) is 5.41 Å². The minimum Gasteiger partial charge on any atom is -0.396 e. The van der Waals surface area contributed by atoms with Crippen LogP contribution in [0.3, 0.4) is 0 Å². The van der Waals surface area contributed by atoms with Gasteiger partial charge in [0.2, 0.25) is 10.0 Å². The topological polar surface area (TPSA) is 66.4 Å². The molecule has 0 atom stereocenters. The van der Waals surface area contributed by atoms with E-state index in [9.17, 15) is 17.9 Å². The van der Waals surface area contributed by atoms with Gasteiger partial charge < -0.3 is 5.11 Å². The summed E-state index contributed by atoms with van der Waals surface area (Å²) < 4.78 is 39.9. The number of benzene rings is 1. The number of sulfonamides is 1. The molecule has 0 saturated heterocycles. The molecule has 0 bridgehead atoms. The maximum atomic E-state index is 13.2. The summed E-state index contributed by atoms with van der Waals surface area (Å²) in [5.74, 6) is -0.672. The highest BCUT2D eigenvalue weighted by Crippen LogP contribution is 2.27. The first-order valence-electron chi connectivity index (χ1n) is 6.36. The summed E-state index contributed by atoms with van der Waals surface area (Å²) in [6, 6.07) is 3.17. The number of halogens is 2. The number of rotatable bonds is 7. The van der Waals surface area contributed by atoms with Crippen molar-refractivity contribution in [3.8, 4) is 0 Å². The van der Waals surface area contributed by atoms with E-state index in [4.69, 9.17) is 11.6 Å². The molecule has 0 radical (unpaired) electrons. The van der Waals surface area contributed by atoms with E-state index in [1.54, 1.807) is 0 Å². The molecule has 0 heterocycles. The third-order valence-corrected chi connectivity index (χ3v) is 5.54. The molecule has 2 N–H and O–H groups in total. The molecule has 114 valence electrons. The maximum Gasteiger partial charge on any atom is 0.242 e. The fraction of sp³-hybridized carbons (Fsp3) is 0.538. The number of hydrogen-bond donors (Lipinski definition) is 2. The Morgan fingerprint density at radius 3 is 2.45 bits per heavy atom. The summed E-state index contributed by atoms with van der Waals surface area (Å²) in [4.78, 5) is -0.293. The third-order valence-electron chi connectivity index (χ3n) is 3.66. The van der Waals surface area contributed by atoms with Crippen LogP contribution in [0, 0.1) is 11.2 Å². The molecular formula is C13H19ClFNO3S. The molecule has 4 nitrogen and oxygen atoms in total. The smallest absolute Gasteiger partial charge is 0.242 e. The van der Waals surface area contributed by atoms with Crippen molar-refractivity contribution in [2.45, 2.75) is 31.6 Å². The van der Waals surface area contributed by atoms with Crippen LogP contribution in [-0.2, 0) is 10.0 Å². The lowest BCUT2D eigenvalue weighted by Gasteiger charge is -2.29. The van der Waals surface area contributed by atoms with Crippen LogP contribution in [0.1, 0.15) is 26.7 Å². The van der Waals surface area contributed by atoms with E-state index in [-0.39, 0.29) is 23.1 Å². The molecule has 0 aromatic heterocycles. The second-order valence-corrected chi connectivity index (χ2v) is 6.91. The van der Waals surface area contributed by atoms with Gasteiger partial charge in [-0.3, -0.25) is 0 Å². The van der Waals surface area contributed by atoms with Gasteiger partial charge in [0.1, 0.15) is 10.7 Å². The highest BCUT2D eigenvalue weighted by molar-refractivity contribution is 7.89. The van der Waals surface area contributed by atoms with Gasteiger partial charge in [-0.15, -0.1) is 0 Å². The summed E-state index contributed by atoms with van der Waals surface area (Å²) in [5.41, 5.74) is -0.521. The minimum atomic E-state index is -3.91. The van der Waals surface area contributed by atoms with Crippen molar-refractivity contribution in [3.05, 3.63) is 29.0 Å². The lowest BCUT2D eigenvalue weighted by atomic mass is 9.84. The van der Waals surface area contributed by atoms with Crippen LogP contribution in [0.15, 0.2) is 23.1 Å². The fourth-order valence-electron chi connectivity index (χ4n) is 1.79. The Morgan fingerprint density at radius 2 is 1.95 bits per heavy atom. The monoisotopic (exact) mass is 323 g/mol. The maximum absolute atomic E-state index is 13.2.